The van der Waals surface area contributed by atoms with Gasteiger partial charge >= 0.3 is 6.09 Å². The van der Waals surface area contributed by atoms with Crippen LogP contribution in [-0.4, -0.2) is 97.6 Å². The van der Waals surface area contributed by atoms with E-state index in [2.05, 4.69) is 17.6 Å². The highest BCUT2D eigenvalue weighted by Gasteiger charge is 2.46. The number of carbonyl (C=O) groups is 5. The van der Waals surface area contributed by atoms with Crippen LogP contribution in [0, 0.1) is 11.8 Å². The molecule has 0 radical (unpaired) electrons. The van der Waals surface area contributed by atoms with Crippen LogP contribution in [0.3, 0.4) is 0 Å². The lowest BCUT2D eigenvalue weighted by molar-refractivity contribution is -0.131. The Morgan fingerprint density at radius 1 is 0.673 bits per heavy atom. The van der Waals surface area contributed by atoms with Crippen molar-refractivity contribution in [2.75, 3.05) is 39.9 Å². The summed E-state index contributed by atoms with van der Waals surface area (Å²) in [4.78, 5) is 68.3. The Morgan fingerprint density at radius 2 is 1.22 bits per heavy atom. The molecule has 1 saturated carbocycles. The van der Waals surface area contributed by atoms with Crippen LogP contribution in [0.15, 0.2) is 54.6 Å². The molecule has 2 aromatic rings. The lowest BCUT2D eigenvalue weighted by atomic mass is 9.94. The fourth-order valence-corrected chi connectivity index (χ4v) is 7.98. The summed E-state index contributed by atoms with van der Waals surface area (Å²) in [5, 5.41) is 5.93. The number of benzene rings is 2. The van der Waals surface area contributed by atoms with Crippen LogP contribution >= 0.6 is 0 Å². The van der Waals surface area contributed by atoms with E-state index >= 15 is 0 Å². The number of nitrogens with zero attached hydrogens (tertiary/aromatic N) is 2. The van der Waals surface area contributed by atoms with Crippen molar-refractivity contribution in [3.05, 3.63) is 71.3 Å². The minimum atomic E-state index is -0.796. The van der Waals surface area contributed by atoms with E-state index in [1.165, 1.54) is 62.7 Å². The number of unbranched alkanes of at least 4 members (excludes halogenated alkanes) is 11. The number of primary amides is 1. The normalized spacial score (nSPS) is 23.0. The zero-order valence-electron chi connectivity index (χ0n) is 32.7. The molecule has 0 spiro atoms. The third-order valence-electron chi connectivity index (χ3n) is 11.4. The molecular formula is C43H61N5O7. The van der Waals surface area contributed by atoms with E-state index in [1.807, 2.05) is 30.3 Å². The Labute approximate surface area is 326 Å². The highest BCUT2D eigenvalue weighted by molar-refractivity contribution is 5.99. The van der Waals surface area contributed by atoms with Crippen molar-refractivity contribution in [3.63, 3.8) is 0 Å². The number of carbonyl (C=O) groups excluding carboxylic acids is 5. The van der Waals surface area contributed by atoms with Gasteiger partial charge in [-0.2, -0.15) is 0 Å². The summed E-state index contributed by atoms with van der Waals surface area (Å²) >= 11 is 0. The summed E-state index contributed by atoms with van der Waals surface area (Å²) in [5.41, 5.74) is 7.56. The molecule has 2 aliphatic heterocycles. The van der Waals surface area contributed by atoms with Crippen LogP contribution in [0.2, 0.25) is 0 Å². The molecule has 5 rings (SSSR count). The van der Waals surface area contributed by atoms with Crippen molar-refractivity contribution < 1.29 is 33.4 Å². The number of hydrogen-bond acceptors (Lipinski definition) is 7. The van der Waals surface area contributed by atoms with E-state index in [1.54, 1.807) is 36.3 Å². The number of ether oxygens (including phenoxy) is 2. The number of alkyl carbamates (subject to hydrolysis) is 1. The number of nitrogens with one attached hydrogen (secondary N) is 2. The van der Waals surface area contributed by atoms with Gasteiger partial charge in [-0.25, -0.2) is 4.79 Å². The van der Waals surface area contributed by atoms with Gasteiger partial charge in [-0.1, -0.05) is 108 Å². The van der Waals surface area contributed by atoms with Crippen molar-refractivity contribution in [2.45, 2.75) is 114 Å². The van der Waals surface area contributed by atoms with Gasteiger partial charge in [0, 0.05) is 56.4 Å². The van der Waals surface area contributed by atoms with E-state index in [9.17, 15) is 24.0 Å². The monoisotopic (exact) mass is 759 g/mol. The molecule has 1 aliphatic carbocycles. The van der Waals surface area contributed by atoms with Gasteiger partial charge in [0.15, 0.2) is 0 Å². The van der Waals surface area contributed by atoms with Crippen molar-refractivity contribution in [3.8, 4) is 0 Å². The summed E-state index contributed by atoms with van der Waals surface area (Å²) in [5.74, 6) is -2.79. The van der Waals surface area contributed by atoms with Crippen LogP contribution in [0.25, 0.3) is 0 Å². The number of nitrogens with two attached hydrogens (primary N) is 1. The van der Waals surface area contributed by atoms with Gasteiger partial charge in [0.2, 0.25) is 11.8 Å². The summed E-state index contributed by atoms with van der Waals surface area (Å²) in [6, 6.07) is 15.8. The topological polar surface area (TPSA) is 160 Å². The largest absolute Gasteiger partial charge is 0.450 e. The molecule has 2 aromatic carbocycles. The van der Waals surface area contributed by atoms with E-state index in [4.69, 9.17) is 15.2 Å². The molecule has 2 saturated heterocycles. The summed E-state index contributed by atoms with van der Waals surface area (Å²) in [6.45, 7) is 3.26. The van der Waals surface area contributed by atoms with Crippen molar-refractivity contribution >= 4 is 29.7 Å². The predicted molar refractivity (Wildman–Crippen MR) is 210 cm³/mol. The van der Waals surface area contributed by atoms with Crippen molar-refractivity contribution in [2.24, 2.45) is 17.6 Å². The molecule has 0 bridgehead atoms. The van der Waals surface area contributed by atoms with Gasteiger partial charge < -0.3 is 35.6 Å². The third kappa shape index (κ3) is 12.0. The quantitative estimate of drug-likeness (QED) is 0.136. The molecule has 12 nitrogen and oxygen atoms in total. The van der Waals surface area contributed by atoms with Crippen LogP contribution in [-0.2, 0) is 19.1 Å². The van der Waals surface area contributed by atoms with E-state index in [-0.39, 0.29) is 49.3 Å². The van der Waals surface area contributed by atoms with Crippen LogP contribution in [0.1, 0.15) is 123 Å². The predicted octanol–water partition coefficient (Wildman–Crippen LogP) is 5.80. The summed E-state index contributed by atoms with van der Waals surface area (Å²) in [7, 11) is 1.55. The molecule has 300 valence electrons. The molecule has 4 N–H and O–H groups in total. The maximum Gasteiger partial charge on any atom is 0.407 e. The Bertz CT molecular complexity index is 1570. The highest BCUT2D eigenvalue weighted by Crippen LogP contribution is 2.41. The minimum Gasteiger partial charge on any atom is -0.450 e. The number of methoxy groups -OCH3 is 1. The second-order valence-electron chi connectivity index (χ2n) is 15.5. The number of likely N-dealkylation sites (tertiary alicyclic amines) is 2. The van der Waals surface area contributed by atoms with Gasteiger partial charge in [0.1, 0.15) is 0 Å². The molecule has 55 heavy (non-hydrogen) atoms. The molecule has 0 aromatic heterocycles. The lowest BCUT2D eigenvalue weighted by Crippen LogP contribution is -2.44. The molecule has 3 aliphatic rings. The first-order chi connectivity index (χ1) is 26.7. The molecule has 5 amide bonds. The van der Waals surface area contributed by atoms with Crippen molar-refractivity contribution in [1.29, 1.82) is 0 Å². The first kappa shape index (κ1) is 41.7. The SMILES string of the molecule is CCCCCCCCCCCCCCOC(=O)N[C@H]1CN(C(=O)c2ccc(C(=O)N3C[C@@H](C(N)=O)[C@H](C(=O)N[C@H]4C[C@@H]4c4ccccc4)C3)cc2)C[C@@H]1OC. The van der Waals surface area contributed by atoms with Crippen LogP contribution in [0.4, 0.5) is 4.79 Å². The Balaban J connectivity index is 1.02. The maximum atomic E-state index is 13.5. The Morgan fingerprint density at radius 3 is 1.78 bits per heavy atom. The van der Waals surface area contributed by atoms with Gasteiger partial charge in [0.05, 0.1) is 30.6 Å². The number of amides is 5. The Hall–Kier alpha value is -4.45. The van der Waals surface area contributed by atoms with E-state index < -0.39 is 36.0 Å². The first-order valence-corrected chi connectivity index (χ1v) is 20.5. The smallest absolute Gasteiger partial charge is 0.407 e. The van der Waals surface area contributed by atoms with Gasteiger partial charge in [-0.3, -0.25) is 19.2 Å². The maximum absolute atomic E-state index is 13.5. The van der Waals surface area contributed by atoms with Crippen LogP contribution in [0.5, 0.6) is 0 Å². The fourth-order valence-electron chi connectivity index (χ4n) is 7.98. The lowest BCUT2D eigenvalue weighted by Gasteiger charge is -2.18. The van der Waals surface area contributed by atoms with E-state index in [0.29, 0.717) is 24.3 Å². The zero-order valence-corrected chi connectivity index (χ0v) is 32.7. The number of rotatable bonds is 21. The highest BCUT2D eigenvalue weighted by atomic mass is 16.5. The van der Waals surface area contributed by atoms with Gasteiger partial charge in [0.25, 0.3) is 11.8 Å². The first-order valence-electron chi connectivity index (χ1n) is 20.5. The average Bonchev–Trinajstić information content (AvgIpc) is 3.60. The number of hydrogen-bond donors (Lipinski definition) is 3. The molecule has 0 unspecified atom stereocenters. The molecule has 2 heterocycles. The van der Waals surface area contributed by atoms with Gasteiger partial charge in [-0.05, 0) is 42.7 Å². The second kappa shape index (κ2) is 21.0. The van der Waals surface area contributed by atoms with Gasteiger partial charge in [-0.15, -0.1) is 0 Å². The van der Waals surface area contributed by atoms with E-state index in [0.717, 1.165) is 31.2 Å². The zero-order chi connectivity index (χ0) is 39.2. The standard InChI is InChI=1S/C43H61N5O7/c1-3-4-5-6-7-8-9-10-11-12-13-17-24-55-43(53)46-37-28-48(29-38(37)54-2)42(52)32-22-20-31(21-23-32)41(51)47-26-34(39(44)49)35(27-47)40(50)45-36-25-33(36)30-18-15-14-16-19-30/h14-16,18-23,33-38H,3-13,17,24-29H2,1-2H3,(H2,44,49)(H,45,50)(H,46,53)/t33-,34-,35-,36+,37+,38+/m1/s1. The molecular weight excluding hydrogens is 699 g/mol. The average molecular weight is 760 g/mol. The summed E-state index contributed by atoms with van der Waals surface area (Å²) in [6.07, 6.45) is 14.7. The third-order valence-corrected chi connectivity index (χ3v) is 11.4. The minimum absolute atomic E-state index is 0.0122. The van der Waals surface area contributed by atoms with Crippen molar-refractivity contribution in [1.82, 2.24) is 20.4 Å². The summed E-state index contributed by atoms with van der Waals surface area (Å²) < 4.78 is 11.0. The molecule has 3 fully saturated rings. The molecule has 12 heteroatoms. The fraction of sp³-hybridized carbons (Fsp3) is 0.605. The van der Waals surface area contributed by atoms with Crippen LogP contribution < -0.4 is 16.4 Å². The second-order valence-corrected chi connectivity index (χ2v) is 15.5. The molecule has 6 atom stereocenters. The Kier molecular flexibility index (Phi) is 15.9.